The summed E-state index contributed by atoms with van der Waals surface area (Å²) >= 11 is 0. The summed E-state index contributed by atoms with van der Waals surface area (Å²) in [6.07, 6.45) is 0.0142. The molecular formula is C12H18N2O3S. The molecule has 0 atom stereocenters. The van der Waals surface area contributed by atoms with Crippen LogP contribution in [-0.2, 0) is 14.6 Å². The van der Waals surface area contributed by atoms with Crippen LogP contribution in [-0.4, -0.2) is 32.7 Å². The third kappa shape index (κ3) is 4.12. The van der Waals surface area contributed by atoms with E-state index in [1.54, 1.807) is 0 Å². The van der Waals surface area contributed by atoms with Crippen LogP contribution in [0.4, 0.5) is 0 Å². The van der Waals surface area contributed by atoms with E-state index in [4.69, 9.17) is 15.9 Å². The third-order valence-electron chi connectivity index (χ3n) is 2.33. The Labute approximate surface area is 107 Å². The molecule has 18 heavy (non-hydrogen) atoms. The second kappa shape index (κ2) is 5.97. The van der Waals surface area contributed by atoms with E-state index < -0.39 is 9.84 Å². The zero-order chi connectivity index (χ0) is 13.8. The molecule has 0 saturated carbocycles. The topological polar surface area (TPSA) is 93.2 Å². The minimum Gasteiger partial charge on any atom is -0.384 e. The van der Waals surface area contributed by atoms with Gasteiger partial charge in [-0.25, -0.2) is 8.42 Å². The Morgan fingerprint density at radius 1 is 1.33 bits per heavy atom. The van der Waals surface area contributed by atoms with E-state index in [0.29, 0.717) is 5.56 Å². The maximum Gasteiger partial charge on any atom is 0.180 e. The predicted molar refractivity (Wildman–Crippen MR) is 70.6 cm³/mol. The number of benzene rings is 1. The van der Waals surface area contributed by atoms with Gasteiger partial charge in [-0.3, -0.25) is 5.41 Å². The van der Waals surface area contributed by atoms with Crippen molar-refractivity contribution in [1.29, 1.82) is 5.41 Å². The Kier molecular flexibility index (Phi) is 4.86. The highest BCUT2D eigenvalue weighted by Crippen LogP contribution is 2.12. The number of hydrogen-bond donors (Lipinski definition) is 2. The Balaban J connectivity index is 2.76. The van der Waals surface area contributed by atoms with Crippen LogP contribution in [0.25, 0.3) is 0 Å². The third-order valence-corrected chi connectivity index (χ3v) is 4.02. The number of nitrogens with two attached hydrogens (primary N) is 1. The van der Waals surface area contributed by atoms with Crippen LogP contribution >= 0.6 is 0 Å². The van der Waals surface area contributed by atoms with Gasteiger partial charge in [0.1, 0.15) is 5.84 Å². The molecule has 0 radical (unpaired) electrons. The number of nitrogens with one attached hydrogen (secondary N) is 1. The molecule has 0 amide bonds. The van der Waals surface area contributed by atoms with E-state index in [0.717, 1.165) is 0 Å². The van der Waals surface area contributed by atoms with E-state index in [9.17, 15) is 8.42 Å². The molecule has 1 rings (SSSR count). The Morgan fingerprint density at radius 3 is 2.33 bits per heavy atom. The maximum atomic E-state index is 11.9. The largest absolute Gasteiger partial charge is 0.384 e. The van der Waals surface area contributed by atoms with Crippen LogP contribution in [0.1, 0.15) is 19.4 Å². The molecular weight excluding hydrogens is 252 g/mol. The van der Waals surface area contributed by atoms with E-state index in [-0.39, 0.29) is 29.2 Å². The van der Waals surface area contributed by atoms with Crippen LogP contribution in [0.3, 0.4) is 0 Å². The fourth-order valence-electron chi connectivity index (χ4n) is 1.35. The molecule has 1 aromatic carbocycles. The first kappa shape index (κ1) is 14.7. The molecule has 0 aliphatic heterocycles. The summed E-state index contributed by atoms with van der Waals surface area (Å²) in [7, 11) is -3.33. The Morgan fingerprint density at radius 2 is 1.89 bits per heavy atom. The van der Waals surface area contributed by atoms with Crippen molar-refractivity contribution in [1.82, 2.24) is 0 Å². The molecule has 0 aliphatic carbocycles. The van der Waals surface area contributed by atoms with Crippen molar-refractivity contribution in [3.05, 3.63) is 29.8 Å². The van der Waals surface area contributed by atoms with Crippen LogP contribution in [0, 0.1) is 5.41 Å². The zero-order valence-corrected chi connectivity index (χ0v) is 11.3. The molecule has 0 saturated heterocycles. The predicted octanol–water partition coefficient (Wildman–Crippen LogP) is 1.17. The van der Waals surface area contributed by atoms with Crippen LogP contribution in [0.15, 0.2) is 29.2 Å². The van der Waals surface area contributed by atoms with Gasteiger partial charge in [-0.05, 0) is 26.0 Å². The van der Waals surface area contributed by atoms with Gasteiger partial charge in [0, 0.05) is 5.56 Å². The fourth-order valence-corrected chi connectivity index (χ4v) is 2.46. The smallest absolute Gasteiger partial charge is 0.180 e. The van der Waals surface area contributed by atoms with Gasteiger partial charge in [-0.1, -0.05) is 12.1 Å². The number of rotatable bonds is 6. The quantitative estimate of drug-likeness (QED) is 0.599. The summed E-state index contributed by atoms with van der Waals surface area (Å²) in [6.45, 7) is 3.89. The van der Waals surface area contributed by atoms with Crippen LogP contribution in [0.2, 0.25) is 0 Å². The molecule has 3 N–H and O–H groups in total. The average molecular weight is 270 g/mol. The van der Waals surface area contributed by atoms with Gasteiger partial charge in [-0.15, -0.1) is 0 Å². The second-order valence-electron chi connectivity index (χ2n) is 4.18. The first-order valence-corrected chi connectivity index (χ1v) is 7.27. The summed E-state index contributed by atoms with van der Waals surface area (Å²) in [6, 6.07) is 5.97. The summed E-state index contributed by atoms with van der Waals surface area (Å²) in [4.78, 5) is 0.222. The lowest BCUT2D eigenvalue weighted by Crippen LogP contribution is -2.16. The van der Waals surface area contributed by atoms with E-state index in [1.165, 1.54) is 24.3 Å². The molecule has 0 aliphatic rings. The van der Waals surface area contributed by atoms with Crippen molar-refractivity contribution in [3.8, 4) is 0 Å². The van der Waals surface area contributed by atoms with Crippen LogP contribution in [0.5, 0.6) is 0 Å². The van der Waals surface area contributed by atoms with E-state index >= 15 is 0 Å². The lowest BCUT2D eigenvalue weighted by molar-refractivity contribution is 0.0912. The normalized spacial score (nSPS) is 11.7. The molecule has 0 fully saturated rings. The number of nitrogen functional groups attached to an aromatic ring is 1. The average Bonchev–Trinajstić information content (AvgIpc) is 2.28. The van der Waals surface area contributed by atoms with Gasteiger partial charge >= 0.3 is 0 Å². The van der Waals surface area contributed by atoms with Gasteiger partial charge in [0.05, 0.1) is 23.4 Å². The summed E-state index contributed by atoms with van der Waals surface area (Å²) in [5.74, 6) is -0.132. The molecule has 0 unspecified atom stereocenters. The zero-order valence-electron chi connectivity index (χ0n) is 10.5. The standard InChI is InChI=1S/C12H18N2O3S/c1-9(2)17-7-8-18(15,16)11-5-3-10(4-6-11)12(13)14/h3-6,9H,7-8H2,1-2H3,(H3,13,14). The molecule has 0 bridgehead atoms. The number of sulfone groups is 1. The minimum absolute atomic E-state index is 0.0142. The second-order valence-corrected chi connectivity index (χ2v) is 6.29. The molecule has 1 aromatic rings. The SMILES string of the molecule is CC(C)OCCS(=O)(=O)c1ccc(C(=N)N)cc1. The summed E-state index contributed by atoms with van der Waals surface area (Å²) < 4.78 is 29.1. The first-order chi connectivity index (χ1) is 8.33. The molecule has 6 heteroatoms. The van der Waals surface area contributed by atoms with E-state index in [1.807, 2.05) is 13.8 Å². The monoisotopic (exact) mass is 270 g/mol. The molecule has 0 spiro atoms. The van der Waals surface area contributed by atoms with Gasteiger partial charge < -0.3 is 10.5 Å². The summed E-state index contributed by atoms with van der Waals surface area (Å²) in [5, 5.41) is 7.23. The molecule has 5 nitrogen and oxygen atoms in total. The van der Waals surface area contributed by atoms with Gasteiger partial charge in [0.15, 0.2) is 9.84 Å². The van der Waals surface area contributed by atoms with Crippen LogP contribution < -0.4 is 5.73 Å². The maximum absolute atomic E-state index is 11.9. The van der Waals surface area contributed by atoms with Gasteiger partial charge in [0.2, 0.25) is 0 Å². The number of amidine groups is 1. The molecule has 0 aromatic heterocycles. The lowest BCUT2D eigenvalue weighted by atomic mass is 10.2. The molecule has 100 valence electrons. The van der Waals surface area contributed by atoms with Gasteiger partial charge in [0.25, 0.3) is 0 Å². The number of ether oxygens (including phenoxy) is 1. The van der Waals surface area contributed by atoms with Crippen molar-refractivity contribution in [3.63, 3.8) is 0 Å². The fraction of sp³-hybridized carbons (Fsp3) is 0.417. The highest BCUT2D eigenvalue weighted by molar-refractivity contribution is 7.91. The van der Waals surface area contributed by atoms with Crippen molar-refractivity contribution in [2.45, 2.75) is 24.8 Å². The first-order valence-electron chi connectivity index (χ1n) is 5.62. The van der Waals surface area contributed by atoms with E-state index in [2.05, 4.69) is 0 Å². The highest BCUT2D eigenvalue weighted by Gasteiger charge is 2.14. The molecule has 0 heterocycles. The van der Waals surface area contributed by atoms with Crippen molar-refractivity contribution in [2.75, 3.05) is 12.4 Å². The Hall–Kier alpha value is -1.40. The van der Waals surface area contributed by atoms with Crippen molar-refractivity contribution >= 4 is 15.7 Å². The highest BCUT2D eigenvalue weighted by atomic mass is 32.2. The van der Waals surface area contributed by atoms with Crippen molar-refractivity contribution in [2.24, 2.45) is 5.73 Å². The van der Waals surface area contributed by atoms with Gasteiger partial charge in [-0.2, -0.15) is 0 Å². The summed E-state index contributed by atoms with van der Waals surface area (Å²) in [5.41, 5.74) is 5.81. The Bertz CT molecular complexity index is 507. The van der Waals surface area contributed by atoms with Crippen molar-refractivity contribution < 1.29 is 13.2 Å². The minimum atomic E-state index is -3.33. The lowest BCUT2D eigenvalue weighted by Gasteiger charge is -2.08. The number of hydrogen-bond acceptors (Lipinski definition) is 4.